The molecule has 0 fully saturated rings. The summed E-state index contributed by atoms with van der Waals surface area (Å²) in [5, 5.41) is 2.07. The van der Waals surface area contributed by atoms with Crippen molar-refractivity contribution in [2.45, 2.75) is 6.92 Å². The van der Waals surface area contributed by atoms with Crippen molar-refractivity contribution in [3.63, 3.8) is 0 Å². The molecule has 0 atom stereocenters. The number of aldehydes is 1. The summed E-state index contributed by atoms with van der Waals surface area (Å²) in [5.74, 6) is 0. The van der Waals surface area contributed by atoms with Crippen molar-refractivity contribution in [1.82, 2.24) is 0 Å². The summed E-state index contributed by atoms with van der Waals surface area (Å²) in [6.45, 7) is 2.09. The van der Waals surface area contributed by atoms with Crippen LogP contribution in [0.15, 0.2) is 35.7 Å². The highest BCUT2D eigenvalue weighted by atomic mass is 32.1. The molecular formula is C12H10OS. The number of benzene rings is 1. The predicted octanol–water partition coefficient (Wildman–Crippen LogP) is 3.54. The first-order valence-corrected chi connectivity index (χ1v) is 5.29. The molecule has 0 aliphatic rings. The van der Waals surface area contributed by atoms with Crippen LogP contribution in [-0.4, -0.2) is 6.29 Å². The van der Waals surface area contributed by atoms with E-state index in [0.29, 0.717) is 0 Å². The van der Waals surface area contributed by atoms with Crippen LogP contribution in [0.4, 0.5) is 0 Å². The van der Waals surface area contributed by atoms with Crippen LogP contribution in [0.25, 0.3) is 11.1 Å². The first kappa shape index (κ1) is 9.16. The first-order chi connectivity index (χ1) is 6.81. The predicted molar refractivity (Wildman–Crippen MR) is 59.9 cm³/mol. The highest BCUT2D eigenvalue weighted by Crippen LogP contribution is 2.27. The van der Waals surface area contributed by atoms with Crippen molar-refractivity contribution in [2.24, 2.45) is 0 Å². The van der Waals surface area contributed by atoms with Crippen LogP contribution in [0.5, 0.6) is 0 Å². The summed E-state index contributed by atoms with van der Waals surface area (Å²) in [5.41, 5.74) is 3.07. The van der Waals surface area contributed by atoms with Gasteiger partial charge in [-0.1, -0.05) is 18.2 Å². The Balaban J connectivity index is 2.52. The zero-order valence-electron chi connectivity index (χ0n) is 7.86. The van der Waals surface area contributed by atoms with E-state index in [4.69, 9.17) is 0 Å². The van der Waals surface area contributed by atoms with Crippen LogP contribution in [0.2, 0.25) is 0 Å². The molecule has 0 aliphatic heterocycles. The van der Waals surface area contributed by atoms with Gasteiger partial charge in [0.05, 0.1) is 0 Å². The third-order valence-corrected chi connectivity index (χ3v) is 3.04. The lowest BCUT2D eigenvalue weighted by molar-refractivity contribution is 0.112. The number of rotatable bonds is 2. The largest absolute Gasteiger partial charge is 0.298 e. The highest BCUT2D eigenvalue weighted by molar-refractivity contribution is 7.10. The van der Waals surface area contributed by atoms with E-state index >= 15 is 0 Å². The molecule has 1 aromatic carbocycles. The van der Waals surface area contributed by atoms with Crippen LogP contribution in [0.3, 0.4) is 0 Å². The normalized spacial score (nSPS) is 10.1. The van der Waals surface area contributed by atoms with Crippen molar-refractivity contribution in [1.29, 1.82) is 0 Å². The highest BCUT2D eigenvalue weighted by Gasteiger charge is 2.02. The molecule has 0 saturated heterocycles. The van der Waals surface area contributed by atoms with Crippen molar-refractivity contribution in [3.05, 3.63) is 46.2 Å². The van der Waals surface area contributed by atoms with Crippen molar-refractivity contribution in [3.8, 4) is 11.1 Å². The van der Waals surface area contributed by atoms with Gasteiger partial charge in [-0.15, -0.1) is 11.3 Å². The Bertz CT molecular complexity index is 457. The molecule has 0 N–H and O–H groups in total. The van der Waals surface area contributed by atoms with Gasteiger partial charge >= 0.3 is 0 Å². The molecule has 0 saturated carbocycles. The Morgan fingerprint density at radius 1 is 1.29 bits per heavy atom. The number of aryl methyl sites for hydroxylation is 1. The van der Waals surface area contributed by atoms with E-state index in [9.17, 15) is 4.79 Å². The molecule has 0 unspecified atom stereocenters. The zero-order chi connectivity index (χ0) is 9.97. The summed E-state index contributed by atoms with van der Waals surface area (Å²) < 4.78 is 0. The minimum Gasteiger partial charge on any atom is -0.298 e. The standard InChI is InChI=1S/C12H10OS/c1-9-12(5-6-14-9)11-4-2-3-10(7-11)8-13/h2-8H,1H3. The van der Waals surface area contributed by atoms with Crippen molar-refractivity contribution >= 4 is 17.6 Å². The molecule has 1 aromatic heterocycles. The van der Waals surface area contributed by atoms with E-state index in [1.165, 1.54) is 10.4 Å². The van der Waals surface area contributed by atoms with E-state index in [1.807, 2.05) is 24.3 Å². The van der Waals surface area contributed by atoms with Crippen LogP contribution in [0, 0.1) is 6.92 Å². The Labute approximate surface area is 87.0 Å². The smallest absolute Gasteiger partial charge is 0.150 e. The lowest BCUT2D eigenvalue weighted by atomic mass is 10.0. The molecular weight excluding hydrogens is 192 g/mol. The number of carbonyl (C=O) groups is 1. The molecule has 2 aromatic rings. The molecule has 2 rings (SSSR count). The maximum Gasteiger partial charge on any atom is 0.150 e. The summed E-state index contributed by atoms with van der Waals surface area (Å²) >= 11 is 1.72. The minimum atomic E-state index is 0.730. The summed E-state index contributed by atoms with van der Waals surface area (Å²) in [4.78, 5) is 11.9. The van der Waals surface area contributed by atoms with Crippen LogP contribution in [-0.2, 0) is 0 Å². The van der Waals surface area contributed by atoms with Gasteiger partial charge in [0, 0.05) is 10.4 Å². The molecule has 0 spiro atoms. The molecule has 14 heavy (non-hydrogen) atoms. The van der Waals surface area contributed by atoms with E-state index in [1.54, 1.807) is 11.3 Å². The van der Waals surface area contributed by atoms with E-state index in [2.05, 4.69) is 18.4 Å². The SMILES string of the molecule is Cc1sccc1-c1cccc(C=O)c1. The van der Waals surface area contributed by atoms with Gasteiger partial charge in [0.25, 0.3) is 0 Å². The Kier molecular flexibility index (Phi) is 2.46. The van der Waals surface area contributed by atoms with Gasteiger partial charge < -0.3 is 0 Å². The lowest BCUT2D eigenvalue weighted by Crippen LogP contribution is -1.81. The fraction of sp³-hybridized carbons (Fsp3) is 0.0833. The molecule has 0 radical (unpaired) electrons. The molecule has 0 amide bonds. The Morgan fingerprint density at radius 2 is 2.14 bits per heavy atom. The second-order valence-corrected chi connectivity index (χ2v) is 4.25. The number of hydrogen-bond donors (Lipinski definition) is 0. The van der Waals surface area contributed by atoms with Gasteiger partial charge in [0.1, 0.15) is 6.29 Å². The third kappa shape index (κ3) is 1.61. The van der Waals surface area contributed by atoms with E-state index in [0.717, 1.165) is 17.4 Å². The van der Waals surface area contributed by atoms with E-state index in [-0.39, 0.29) is 0 Å². The number of carbonyl (C=O) groups excluding carboxylic acids is 1. The van der Waals surface area contributed by atoms with Crippen LogP contribution in [0.1, 0.15) is 15.2 Å². The van der Waals surface area contributed by atoms with Crippen LogP contribution < -0.4 is 0 Å². The molecule has 1 nitrogen and oxygen atoms in total. The monoisotopic (exact) mass is 202 g/mol. The zero-order valence-corrected chi connectivity index (χ0v) is 8.67. The molecule has 2 heteroatoms. The van der Waals surface area contributed by atoms with Gasteiger partial charge in [-0.25, -0.2) is 0 Å². The fourth-order valence-corrected chi connectivity index (χ4v) is 2.19. The van der Waals surface area contributed by atoms with Gasteiger partial charge in [-0.3, -0.25) is 4.79 Å². The summed E-state index contributed by atoms with van der Waals surface area (Å²) in [7, 11) is 0. The third-order valence-electron chi connectivity index (χ3n) is 2.19. The maximum atomic E-state index is 10.6. The molecule has 0 aliphatic carbocycles. The van der Waals surface area contributed by atoms with Crippen LogP contribution >= 0.6 is 11.3 Å². The second-order valence-electron chi connectivity index (χ2n) is 3.13. The fourth-order valence-electron chi connectivity index (χ4n) is 1.46. The Morgan fingerprint density at radius 3 is 2.79 bits per heavy atom. The van der Waals surface area contributed by atoms with Gasteiger partial charge in [-0.05, 0) is 35.6 Å². The quantitative estimate of drug-likeness (QED) is 0.681. The van der Waals surface area contributed by atoms with E-state index < -0.39 is 0 Å². The number of thiophene rings is 1. The summed E-state index contributed by atoms with van der Waals surface area (Å²) in [6.07, 6.45) is 0.880. The van der Waals surface area contributed by atoms with Gasteiger partial charge in [0.15, 0.2) is 0 Å². The maximum absolute atomic E-state index is 10.6. The number of hydrogen-bond acceptors (Lipinski definition) is 2. The first-order valence-electron chi connectivity index (χ1n) is 4.41. The van der Waals surface area contributed by atoms with Crippen molar-refractivity contribution < 1.29 is 4.79 Å². The molecule has 70 valence electrons. The van der Waals surface area contributed by atoms with Gasteiger partial charge in [-0.2, -0.15) is 0 Å². The lowest BCUT2D eigenvalue weighted by Gasteiger charge is -2.00. The molecule has 0 bridgehead atoms. The average Bonchev–Trinajstić information content (AvgIpc) is 2.65. The minimum absolute atomic E-state index is 0.730. The Hall–Kier alpha value is -1.41. The second kappa shape index (κ2) is 3.76. The van der Waals surface area contributed by atoms with Gasteiger partial charge in [0.2, 0.25) is 0 Å². The molecule has 1 heterocycles. The average molecular weight is 202 g/mol. The van der Waals surface area contributed by atoms with Crippen molar-refractivity contribution in [2.75, 3.05) is 0 Å². The summed E-state index contributed by atoms with van der Waals surface area (Å²) in [6, 6.07) is 9.77. The topological polar surface area (TPSA) is 17.1 Å².